The maximum absolute atomic E-state index is 11.6. The zero-order valence-corrected chi connectivity index (χ0v) is 18.4. The monoisotopic (exact) mass is 480 g/mol. The summed E-state index contributed by atoms with van der Waals surface area (Å²) in [7, 11) is -4.46. The van der Waals surface area contributed by atoms with Gasteiger partial charge >= 0.3 is 0 Å². The molecule has 0 spiro atoms. The van der Waals surface area contributed by atoms with Gasteiger partial charge in [0.05, 0.1) is 11.3 Å². The number of nitriles is 1. The van der Waals surface area contributed by atoms with Crippen molar-refractivity contribution in [1.82, 2.24) is 15.0 Å². The molecule has 0 aliphatic heterocycles. The molecule has 0 radical (unpaired) electrons. The molecule has 0 aliphatic carbocycles. The number of nitrogens with two attached hydrogens (primary N) is 2. The van der Waals surface area contributed by atoms with Gasteiger partial charge in [0.15, 0.2) is 0 Å². The number of benzene rings is 2. The summed E-state index contributed by atoms with van der Waals surface area (Å²) in [6, 6.07) is 15.0. The Balaban J connectivity index is 1.58. The van der Waals surface area contributed by atoms with Gasteiger partial charge in [0.1, 0.15) is 16.0 Å². The highest BCUT2D eigenvalue weighted by molar-refractivity contribution is 7.86. The van der Waals surface area contributed by atoms with Crippen LogP contribution in [0.5, 0.6) is 0 Å². The van der Waals surface area contributed by atoms with Crippen LogP contribution in [-0.2, 0) is 10.1 Å². The summed E-state index contributed by atoms with van der Waals surface area (Å²) in [4.78, 5) is 11.9. The van der Waals surface area contributed by atoms with Crippen LogP contribution in [0.2, 0.25) is 0 Å². The van der Waals surface area contributed by atoms with Crippen molar-refractivity contribution in [3.8, 4) is 17.2 Å². The van der Waals surface area contributed by atoms with Crippen LogP contribution >= 0.6 is 11.3 Å². The van der Waals surface area contributed by atoms with E-state index < -0.39 is 10.1 Å². The smallest absolute Gasteiger partial charge is 0.296 e. The Morgan fingerprint density at radius 1 is 0.970 bits per heavy atom. The van der Waals surface area contributed by atoms with E-state index in [1.807, 2.05) is 17.5 Å². The van der Waals surface area contributed by atoms with Gasteiger partial charge in [-0.1, -0.05) is 24.3 Å². The number of nitrogens with zero attached hydrogens (tertiary/aromatic N) is 4. The third-order valence-corrected chi connectivity index (χ3v) is 6.17. The van der Waals surface area contributed by atoms with Crippen molar-refractivity contribution in [2.75, 3.05) is 22.1 Å². The second kappa shape index (κ2) is 8.71. The van der Waals surface area contributed by atoms with Crippen LogP contribution in [0.15, 0.2) is 58.8 Å². The fraction of sp³-hybridized carbons (Fsp3) is 0. The number of hydrogen-bond donors (Lipinski definition) is 5. The van der Waals surface area contributed by atoms with E-state index in [2.05, 4.69) is 31.7 Å². The van der Waals surface area contributed by atoms with Gasteiger partial charge in [-0.25, -0.2) is 0 Å². The highest BCUT2D eigenvalue weighted by Crippen LogP contribution is 2.33. The minimum atomic E-state index is -4.46. The standard InChI is InChI=1S/C20H16N8O3S2/c21-9-13-14(10-32-17(13)22)11-5-7-12(8-6-11)24-19-26-18(23)27-20(28-19)25-15-3-1-2-4-16(15)33(29,30)31/h1-8,10H,22H2,(H,29,30,31)(H4,23,24,25,26,27,28). The van der Waals surface area contributed by atoms with Crippen molar-refractivity contribution < 1.29 is 13.0 Å². The molecule has 0 saturated heterocycles. The summed E-state index contributed by atoms with van der Waals surface area (Å²) in [5.41, 5.74) is 14.3. The lowest BCUT2D eigenvalue weighted by Crippen LogP contribution is -2.09. The number of rotatable bonds is 6. The second-order valence-corrected chi connectivity index (χ2v) is 8.94. The summed E-state index contributed by atoms with van der Waals surface area (Å²) in [5, 5.41) is 17.3. The van der Waals surface area contributed by atoms with Gasteiger partial charge in [0, 0.05) is 16.6 Å². The number of para-hydroxylation sites is 1. The zero-order valence-electron chi connectivity index (χ0n) is 16.7. The van der Waals surface area contributed by atoms with Gasteiger partial charge in [-0.05, 0) is 29.8 Å². The Morgan fingerprint density at radius 3 is 2.30 bits per heavy atom. The molecule has 0 fully saturated rings. The molecule has 13 heteroatoms. The van der Waals surface area contributed by atoms with E-state index in [0.717, 1.165) is 11.1 Å². The molecule has 0 atom stereocenters. The maximum atomic E-state index is 11.6. The molecule has 166 valence electrons. The quantitative estimate of drug-likeness (QED) is 0.254. The molecule has 0 bridgehead atoms. The molecule has 11 nitrogen and oxygen atoms in total. The van der Waals surface area contributed by atoms with Crippen LogP contribution in [0, 0.1) is 11.3 Å². The van der Waals surface area contributed by atoms with Gasteiger partial charge < -0.3 is 22.1 Å². The highest BCUT2D eigenvalue weighted by Gasteiger charge is 2.16. The van der Waals surface area contributed by atoms with Crippen LogP contribution in [0.25, 0.3) is 11.1 Å². The Hall–Kier alpha value is -4.25. The summed E-state index contributed by atoms with van der Waals surface area (Å²) in [6.45, 7) is 0. The molecule has 7 N–H and O–H groups in total. The largest absolute Gasteiger partial charge is 0.389 e. The van der Waals surface area contributed by atoms with E-state index in [4.69, 9.17) is 11.5 Å². The van der Waals surface area contributed by atoms with E-state index in [1.165, 1.54) is 29.5 Å². The molecule has 2 aromatic heterocycles. The Labute approximate surface area is 192 Å². The molecule has 2 heterocycles. The van der Waals surface area contributed by atoms with Crippen molar-refractivity contribution >= 4 is 55.7 Å². The highest BCUT2D eigenvalue weighted by atomic mass is 32.2. The average molecular weight is 481 g/mol. The summed E-state index contributed by atoms with van der Waals surface area (Å²) in [5.74, 6) is -0.0203. The zero-order chi connectivity index (χ0) is 23.6. The van der Waals surface area contributed by atoms with Crippen molar-refractivity contribution in [2.45, 2.75) is 4.90 Å². The van der Waals surface area contributed by atoms with Gasteiger partial charge in [-0.15, -0.1) is 11.3 Å². The first kappa shape index (κ1) is 22.0. The predicted molar refractivity (Wildman–Crippen MR) is 126 cm³/mol. The molecule has 0 amide bonds. The van der Waals surface area contributed by atoms with Crippen LogP contribution in [-0.4, -0.2) is 27.9 Å². The van der Waals surface area contributed by atoms with E-state index in [0.29, 0.717) is 16.3 Å². The van der Waals surface area contributed by atoms with Crippen LogP contribution in [0.4, 0.5) is 34.2 Å². The molecule has 0 aliphatic rings. The SMILES string of the molecule is N#Cc1c(-c2ccc(Nc3nc(N)nc(Nc4ccccc4S(=O)(=O)O)n3)cc2)csc1N. The van der Waals surface area contributed by atoms with E-state index in [1.54, 1.807) is 18.2 Å². The normalized spacial score (nSPS) is 11.0. The second-order valence-electron chi connectivity index (χ2n) is 6.64. The number of aromatic nitrogens is 3. The molecular weight excluding hydrogens is 464 g/mol. The van der Waals surface area contributed by atoms with Gasteiger partial charge in [-0.2, -0.15) is 28.6 Å². The topological polar surface area (TPSA) is 193 Å². The molecule has 2 aromatic carbocycles. The summed E-state index contributed by atoms with van der Waals surface area (Å²) in [6.07, 6.45) is 0. The molecule has 4 aromatic rings. The van der Waals surface area contributed by atoms with Crippen molar-refractivity contribution in [3.63, 3.8) is 0 Å². The van der Waals surface area contributed by atoms with Crippen LogP contribution < -0.4 is 22.1 Å². The number of anilines is 6. The first-order chi connectivity index (χ1) is 15.7. The van der Waals surface area contributed by atoms with Crippen LogP contribution in [0.3, 0.4) is 0 Å². The lowest BCUT2D eigenvalue weighted by atomic mass is 10.0. The first-order valence-electron chi connectivity index (χ1n) is 9.24. The van der Waals surface area contributed by atoms with Crippen molar-refractivity contribution in [2.24, 2.45) is 0 Å². The third-order valence-electron chi connectivity index (χ3n) is 4.45. The summed E-state index contributed by atoms with van der Waals surface area (Å²) < 4.78 is 32.6. The molecule has 4 rings (SSSR count). The fourth-order valence-corrected chi connectivity index (χ4v) is 4.40. The molecule has 0 unspecified atom stereocenters. The number of nitrogens with one attached hydrogen (secondary N) is 2. The average Bonchev–Trinajstić information content (AvgIpc) is 3.14. The molecule has 0 saturated carbocycles. The molecular formula is C20H16N8O3S2. The van der Waals surface area contributed by atoms with Gasteiger partial charge in [-0.3, -0.25) is 4.55 Å². The lowest BCUT2D eigenvalue weighted by molar-refractivity contribution is 0.483. The number of hydrogen-bond acceptors (Lipinski definition) is 11. The van der Waals surface area contributed by atoms with Gasteiger partial charge in [0.2, 0.25) is 17.8 Å². The maximum Gasteiger partial charge on any atom is 0.296 e. The Bertz CT molecular complexity index is 1480. The Morgan fingerprint density at radius 2 is 1.64 bits per heavy atom. The minimum Gasteiger partial charge on any atom is -0.389 e. The number of thiophene rings is 1. The van der Waals surface area contributed by atoms with E-state index >= 15 is 0 Å². The fourth-order valence-electron chi connectivity index (χ4n) is 2.98. The van der Waals surface area contributed by atoms with E-state index in [-0.39, 0.29) is 28.4 Å². The van der Waals surface area contributed by atoms with Crippen molar-refractivity contribution in [1.29, 1.82) is 5.26 Å². The predicted octanol–water partition coefficient (Wildman–Crippen LogP) is 3.37. The van der Waals surface area contributed by atoms with E-state index in [9.17, 15) is 18.2 Å². The minimum absolute atomic E-state index is 0.0230. The van der Waals surface area contributed by atoms with Crippen molar-refractivity contribution in [3.05, 3.63) is 59.5 Å². The molecule has 33 heavy (non-hydrogen) atoms. The Kier molecular flexibility index (Phi) is 5.80. The third kappa shape index (κ3) is 4.83. The van der Waals surface area contributed by atoms with Crippen LogP contribution in [0.1, 0.15) is 5.56 Å². The van der Waals surface area contributed by atoms with Gasteiger partial charge in [0.25, 0.3) is 10.1 Å². The summed E-state index contributed by atoms with van der Waals surface area (Å²) >= 11 is 1.30. The first-order valence-corrected chi connectivity index (χ1v) is 11.6. The lowest BCUT2D eigenvalue weighted by Gasteiger charge is -2.11. The number of nitrogen functional groups attached to an aromatic ring is 2.